The van der Waals surface area contributed by atoms with Crippen LogP contribution < -0.4 is 5.32 Å². The summed E-state index contributed by atoms with van der Waals surface area (Å²) in [5.74, 6) is 0.789. The van der Waals surface area contributed by atoms with Crippen LogP contribution in [-0.4, -0.2) is 6.54 Å². The molecule has 0 atom stereocenters. The summed E-state index contributed by atoms with van der Waals surface area (Å²) in [5, 5.41) is 3.59. The second-order valence-electron chi connectivity index (χ2n) is 6.22. The van der Waals surface area contributed by atoms with E-state index in [2.05, 4.69) is 73.2 Å². The largest absolute Gasteiger partial charge is 0.312 e. The SMILES string of the molecule is CC1(C)C(CNCc2ccccc2Br)C1(C)C. The van der Waals surface area contributed by atoms with Crippen molar-refractivity contribution in [3.63, 3.8) is 0 Å². The van der Waals surface area contributed by atoms with Gasteiger partial charge in [-0.2, -0.15) is 0 Å². The molecule has 1 aromatic rings. The summed E-state index contributed by atoms with van der Waals surface area (Å²) in [6.45, 7) is 11.6. The van der Waals surface area contributed by atoms with Gasteiger partial charge in [0.1, 0.15) is 0 Å². The smallest absolute Gasteiger partial charge is 0.0220 e. The molecule has 1 N–H and O–H groups in total. The molecule has 0 radical (unpaired) electrons. The van der Waals surface area contributed by atoms with Gasteiger partial charge in [0.15, 0.2) is 0 Å². The van der Waals surface area contributed by atoms with Crippen molar-refractivity contribution >= 4 is 15.9 Å². The summed E-state index contributed by atoms with van der Waals surface area (Å²) in [6.07, 6.45) is 0. The van der Waals surface area contributed by atoms with E-state index >= 15 is 0 Å². The number of hydrogen-bond acceptors (Lipinski definition) is 1. The van der Waals surface area contributed by atoms with Crippen molar-refractivity contribution < 1.29 is 0 Å². The molecule has 0 aliphatic heterocycles. The van der Waals surface area contributed by atoms with E-state index in [1.54, 1.807) is 0 Å². The Labute approximate surface area is 113 Å². The van der Waals surface area contributed by atoms with Crippen LogP contribution in [0.1, 0.15) is 33.3 Å². The van der Waals surface area contributed by atoms with Gasteiger partial charge < -0.3 is 5.32 Å². The van der Waals surface area contributed by atoms with Crippen LogP contribution in [0.25, 0.3) is 0 Å². The van der Waals surface area contributed by atoms with Crippen LogP contribution in [0.15, 0.2) is 28.7 Å². The normalized spacial score (nSPS) is 21.5. The number of benzene rings is 1. The third kappa shape index (κ3) is 2.30. The minimum absolute atomic E-state index is 0.480. The zero-order valence-electron chi connectivity index (χ0n) is 11.2. The lowest BCUT2D eigenvalue weighted by Crippen LogP contribution is -2.19. The van der Waals surface area contributed by atoms with Crippen molar-refractivity contribution in [2.24, 2.45) is 16.7 Å². The molecule has 0 bridgehead atoms. The van der Waals surface area contributed by atoms with Crippen molar-refractivity contribution in [1.29, 1.82) is 0 Å². The van der Waals surface area contributed by atoms with Crippen LogP contribution in [0.4, 0.5) is 0 Å². The Hall–Kier alpha value is -0.340. The van der Waals surface area contributed by atoms with Crippen LogP contribution in [0, 0.1) is 16.7 Å². The van der Waals surface area contributed by atoms with E-state index in [4.69, 9.17) is 0 Å². The summed E-state index contributed by atoms with van der Waals surface area (Å²) in [5.41, 5.74) is 2.30. The topological polar surface area (TPSA) is 12.0 Å². The summed E-state index contributed by atoms with van der Waals surface area (Å²) >= 11 is 3.58. The van der Waals surface area contributed by atoms with E-state index in [0.717, 1.165) is 19.0 Å². The highest BCUT2D eigenvalue weighted by Crippen LogP contribution is 2.67. The molecule has 1 nitrogen and oxygen atoms in total. The Kier molecular flexibility index (Phi) is 3.39. The highest BCUT2D eigenvalue weighted by molar-refractivity contribution is 9.10. The lowest BCUT2D eigenvalue weighted by molar-refractivity contribution is 0.457. The molecular weight excluding hydrogens is 274 g/mol. The Morgan fingerprint density at radius 3 is 2.24 bits per heavy atom. The van der Waals surface area contributed by atoms with Gasteiger partial charge in [-0.05, 0) is 34.9 Å². The lowest BCUT2D eigenvalue weighted by atomic mass is 10.0. The molecule has 0 spiro atoms. The van der Waals surface area contributed by atoms with Gasteiger partial charge in [0.25, 0.3) is 0 Å². The molecule has 94 valence electrons. The second kappa shape index (κ2) is 4.40. The molecule has 0 amide bonds. The highest BCUT2D eigenvalue weighted by Gasteiger charge is 2.63. The first-order valence-electron chi connectivity index (χ1n) is 6.31. The minimum Gasteiger partial charge on any atom is -0.312 e. The zero-order valence-corrected chi connectivity index (χ0v) is 12.8. The molecule has 0 saturated heterocycles. The van der Waals surface area contributed by atoms with Crippen molar-refractivity contribution in [2.45, 2.75) is 34.2 Å². The van der Waals surface area contributed by atoms with Gasteiger partial charge in [-0.15, -0.1) is 0 Å². The number of hydrogen-bond donors (Lipinski definition) is 1. The molecule has 1 aliphatic rings. The summed E-state index contributed by atoms with van der Waals surface area (Å²) < 4.78 is 1.20. The fraction of sp³-hybridized carbons (Fsp3) is 0.600. The van der Waals surface area contributed by atoms with E-state index in [0.29, 0.717) is 10.8 Å². The zero-order chi connectivity index (χ0) is 12.7. The number of rotatable bonds is 4. The maximum absolute atomic E-state index is 3.59. The number of nitrogens with one attached hydrogen (secondary N) is 1. The maximum atomic E-state index is 3.59. The molecular formula is C15H22BrN. The van der Waals surface area contributed by atoms with E-state index in [9.17, 15) is 0 Å². The fourth-order valence-electron chi connectivity index (χ4n) is 2.84. The van der Waals surface area contributed by atoms with Crippen LogP contribution in [0.3, 0.4) is 0 Å². The summed E-state index contributed by atoms with van der Waals surface area (Å²) in [4.78, 5) is 0. The standard InChI is InChI=1S/C15H22BrN/c1-14(2)13(15(14,3)4)10-17-9-11-7-5-6-8-12(11)16/h5-8,13,17H,9-10H2,1-4H3. The highest BCUT2D eigenvalue weighted by atomic mass is 79.9. The third-order valence-corrected chi connectivity index (χ3v) is 5.72. The molecule has 1 aliphatic carbocycles. The van der Waals surface area contributed by atoms with E-state index < -0.39 is 0 Å². The van der Waals surface area contributed by atoms with Gasteiger partial charge in [0, 0.05) is 11.0 Å². The predicted octanol–water partition coefficient (Wildman–Crippen LogP) is 4.22. The Balaban J connectivity index is 1.84. The predicted molar refractivity (Wildman–Crippen MR) is 76.9 cm³/mol. The molecule has 0 aromatic heterocycles. The summed E-state index contributed by atoms with van der Waals surface area (Å²) in [7, 11) is 0. The van der Waals surface area contributed by atoms with Crippen LogP contribution in [0.2, 0.25) is 0 Å². The van der Waals surface area contributed by atoms with Gasteiger partial charge in [0.2, 0.25) is 0 Å². The van der Waals surface area contributed by atoms with Crippen molar-refractivity contribution in [3.8, 4) is 0 Å². The first-order chi connectivity index (χ1) is 7.87. The first-order valence-corrected chi connectivity index (χ1v) is 7.11. The van der Waals surface area contributed by atoms with E-state index in [1.807, 2.05) is 0 Å². The van der Waals surface area contributed by atoms with Gasteiger partial charge in [0.05, 0.1) is 0 Å². The van der Waals surface area contributed by atoms with Gasteiger partial charge >= 0.3 is 0 Å². The van der Waals surface area contributed by atoms with Gasteiger partial charge in [-0.25, -0.2) is 0 Å². The number of halogens is 1. The average Bonchev–Trinajstić information content (AvgIpc) is 2.63. The molecule has 1 aromatic carbocycles. The molecule has 0 heterocycles. The third-order valence-electron chi connectivity index (χ3n) is 4.94. The van der Waals surface area contributed by atoms with Gasteiger partial charge in [-0.1, -0.05) is 61.8 Å². The quantitative estimate of drug-likeness (QED) is 0.877. The van der Waals surface area contributed by atoms with Crippen LogP contribution in [0.5, 0.6) is 0 Å². The average molecular weight is 296 g/mol. The van der Waals surface area contributed by atoms with E-state index in [1.165, 1.54) is 10.0 Å². The molecule has 1 fully saturated rings. The molecule has 2 heteroatoms. The van der Waals surface area contributed by atoms with Gasteiger partial charge in [-0.3, -0.25) is 0 Å². The Morgan fingerprint density at radius 1 is 1.12 bits per heavy atom. The fourth-order valence-corrected chi connectivity index (χ4v) is 3.26. The Morgan fingerprint density at radius 2 is 1.71 bits per heavy atom. The maximum Gasteiger partial charge on any atom is 0.0220 e. The first kappa shape index (κ1) is 13.1. The van der Waals surface area contributed by atoms with Crippen molar-refractivity contribution in [3.05, 3.63) is 34.3 Å². The van der Waals surface area contributed by atoms with E-state index in [-0.39, 0.29) is 0 Å². The Bertz CT molecular complexity index is 395. The monoisotopic (exact) mass is 295 g/mol. The van der Waals surface area contributed by atoms with Crippen molar-refractivity contribution in [2.75, 3.05) is 6.54 Å². The van der Waals surface area contributed by atoms with Crippen molar-refractivity contribution in [1.82, 2.24) is 5.32 Å². The molecule has 0 unspecified atom stereocenters. The van der Waals surface area contributed by atoms with Crippen LogP contribution >= 0.6 is 15.9 Å². The molecule has 2 rings (SSSR count). The summed E-state index contributed by atoms with van der Waals surface area (Å²) in [6, 6.07) is 8.41. The lowest BCUT2D eigenvalue weighted by Gasteiger charge is -2.07. The molecule has 1 saturated carbocycles. The molecule has 17 heavy (non-hydrogen) atoms. The van der Waals surface area contributed by atoms with Crippen LogP contribution in [-0.2, 0) is 6.54 Å². The second-order valence-corrected chi connectivity index (χ2v) is 7.07. The minimum atomic E-state index is 0.480.